The van der Waals surface area contributed by atoms with Crippen molar-refractivity contribution in [3.63, 3.8) is 0 Å². The van der Waals surface area contributed by atoms with Crippen molar-refractivity contribution in [2.75, 3.05) is 5.73 Å². The number of aromatic nitrogens is 3. The van der Waals surface area contributed by atoms with E-state index in [1.165, 1.54) is 0 Å². The highest BCUT2D eigenvalue weighted by Gasteiger charge is 2.06. The van der Waals surface area contributed by atoms with Crippen molar-refractivity contribution in [3.05, 3.63) is 35.2 Å². The van der Waals surface area contributed by atoms with Gasteiger partial charge in [-0.15, -0.1) is 0 Å². The van der Waals surface area contributed by atoms with Gasteiger partial charge in [0.05, 0.1) is 6.20 Å². The molecule has 0 bridgehead atoms. The van der Waals surface area contributed by atoms with Crippen LogP contribution < -0.4 is 5.73 Å². The average molecular weight is 239 g/mol. The van der Waals surface area contributed by atoms with Gasteiger partial charge in [-0.1, -0.05) is 6.07 Å². The van der Waals surface area contributed by atoms with E-state index in [2.05, 4.69) is 25.9 Å². The van der Waals surface area contributed by atoms with Crippen molar-refractivity contribution >= 4 is 21.9 Å². The Balaban J connectivity index is 2.59. The third kappa shape index (κ3) is 1.42. The van der Waals surface area contributed by atoms with Crippen LogP contribution in [0.25, 0.3) is 5.82 Å². The van der Waals surface area contributed by atoms with Crippen LogP contribution in [-0.4, -0.2) is 14.5 Å². The fourth-order valence-electron chi connectivity index (χ4n) is 1.06. The fraction of sp³-hybridized carbons (Fsp3) is 0. The van der Waals surface area contributed by atoms with Gasteiger partial charge in [-0.2, -0.15) is 0 Å². The van der Waals surface area contributed by atoms with E-state index in [9.17, 15) is 0 Å². The molecule has 4 nitrogen and oxygen atoms in total. The largest absolute Gasteiger partial charge is 0.369 e. The quantitative estimate of drug-likeness (QED) is 0.822. The van der Waals surface area contributed by atoms with Crippen LogP contribution in [-0.2, 0) is 0 Å². The molecule has 0 saturated heterocycles. The topological polar surface area (TPSA) is 56.7 Å². The Morgan fingerprint density at radius 3 is 2.69 bits per heavy atom. The van der Waals surface area contributed by atoms with Gasteiger partial charge in [-0.05, 0) is 28.1 Å². The smallest absolute Gasteiger partial charge is 0.206 e. The molecule has 2 aromatic rings. The summed E-state index contributed by atoms with van der Waals surface area (Å²) in [5.41, 5.74) is 5.66. The zero-order chi connectivity index (χ0) is 9.26. The molecule has 2 N–H and O–H groups in total. The minimum atomic E-state index is 0.422. The van der Waals surface area contributed by atoms with Crippen molar-refractivity contribution in [2.24, 2.45) is 0 Å². The number of imidazole rings is 1. The van der Waals surface area contributed by atoms with Crippen LogP contribution in [0.3, 0.4) is 0 Å². The number of hydrogen-bond acceptors (Lipinski definition) is 3. The van der Waals surface area contributed by atoms with Crippen LogP contribution >= 0.6 is 15.9 Å². The first kappa shape index (κ1) is 8.25. The number of nitrogen functional groups attached to an aromatic ring is 1. The number of rotatable bonds is 1. The van der Waals surface area contributed by atoms with Crippen LogP contribution in [0.5, 0.6) is 0 Å². The first-order valence-corrected chi connectivity index (χ1v) is 4.48. The van der Waals surface area contributed by atoms with E-state index in [0.29, 0.717) is 5.95 Å². The lowest BCUT2D eigenvalue weighted by Crippen LogP contribution is -2.02. The maximum Gasteiger partial charge on any atom is 0.206 e. The highest BCUT2D eigenvalue weighted by molar-refractivity contribution is 9.10. The first-order chi connectivity index (χ1) is 6.29. The van der Waals surface area contributed by atoms with E-state index in [1.807, 2.05) is 18.2 Å². The normalized spacial score (nSPS) is 10.2. The van der Waals surface area contributed by atoms with Gasteiger partial charge in [0.25, 0.3) is 0 Å². The predicted octanol–water partition coefficient (Wildman–Crippen LogP) is 1.61. The van der Waals surface area contributed by atoms with Crippen LogP contribution in [0.2, 0.25) is 0 Å². The summed E-state index contributed by atoms with van der Waals surface area (Å²) in [4.78, 5) is 8.10. The summed E-state index contributed by atoms with van der Waals surface area (Å²) >= 11 is 3.33. The lowest BCUT2D eigenvalue weighted by molar-refractivity contribution is 0.987. The molecule has 0 radical (unpaired) electrons. The summed E-state index contributed by atoms with van der Waals surface area (Å²) in [6.45, 7) is 0. The molecule has 0 atom stereocenters. The van der Waals surface area contributed by atoms with Crippen molar-refractivity contribution in [3.8, 4) is 5.82 Å². The van der Waals surface area contributed by atoms with Crippen LogP contribution in [0.1, 0.15) is 0 Å². The Hall–Kier alpha value is -1.36. The molecule has 0 aliphatic rings. The van der Waals surface area contributed by atoms with E-state index >= 15 is 0 Å². The maximum atomic E-state index is 5.66. The molecule has 13 heavy (non-hydrogen) atoms. The standard InChI is InChI=1S/C8H7BrN4/c9-6-5-12-8(10)13(6)7-3-1-2-4-11-7/h1-5H,(H2,10,12). The molecule has 0 amide bonds. The van der Waals surface area contributed by atoms with Gasteiger partial charge in [-0.25, -0.2) is 9.97 Å². The number of pyridine rings is 1. The molecular weight excluding hydrogens is 232 g/mol. The van der Waals surface area contributed by atoms with Gasteiger partial charge in [0, 0.05) is 6.20 Å². The highest BCUT2D eigenvalue weighted by Crippen LogP contribution is 2.18. The van der Waals surface area contributed by atoms with Gasteiger partial charge >= 0.3 is 0 Å². The molecule has 2 rings (SSSR count). The summed E-state index contributed by atoms with van der Waals surface area (Å²) in [5, 5.41) is 0. The minimum absolute atomic E-state index is 0.422. The van der Waals surface area contributed by atoms with Crippen LogP contribution in [0, 0.1) is 0 Å². The Morgan fingerprint density at radius 1 is 1.31 bits per heavy atom. The van der Waals surface area contributed by atoms with Crippen molar-refractivity contribution < 1.29 is 0 Å². The number of hydrogen-bond donors (Lipinski definition) is 1. The Kier molecular flexibility index (Phi) is 2.02. The van der Waals surface area contributed by atoms with Gasteiger partial charge < -0.3 is 5.73 Å². The van der Waals surface area contributed by atoms with E-state index in [0.717, 1.165) is 10.4 Å². The van der Waals surface area contributed by atoms with E-state index in [-0.39, 0.29) is 0 Å². The molecule has 66 valence electrons. The molecule has 2 aromatic heterocycles. The van der Waals surface area contributed by atoms with Gasteiger partial charge in [0.2, 0.25) is 5.95 Å². The van der Waals surface area contributed by atoms with Gasteiger partial charge in [0.1, 0.15) is 10.4 Å². The summed E-state index contributed by atoms with van der Waals surface area (Å²) < 4.78 is 2.52. The van der Waals surface area contributed by atoms with Crippen molar-refractivity contribution in [1.82, 2.24) is 14.5 Å². The molecule has 5 heteroatoms. The molecule has 0 fully saturated rings. The summed E-state index contributed by atoms with van der Waals surface area (Å²) in [6, 6.07) is 5.61. The van der Waals surface area contributed by atoms with Gasteiger partial charge in [-0.3, -0.25) is 4.57 Å². The van der Waals surface area contributed by atoms with Gasteiger partial charge in [0.15, 0.2) is 0 Å². The number of nitrogens with two attached hydrogens (primary N) is 1. The fourth-order valence-corrected chi connectivity index (χ4v) is 1.52. The van der Waals surface area contributed by atoms with Crippen LogP contribution in [0.15, 0.2) is 35.2 Å². The summed E-state index contributed by atoms with van der Waals surface area (Å²) in [5.74, 6) is 1.18. The monoisotopic (exact) mass is 238 g/mol. The minimum Gasteiger partial charge on any atom is -0.369 e. The molecule has 0 aromatic carbocycles. The Labute approximate surface area is 83.6 Å². The second-order valence-electron chi connectivity index (χ2n) is 2.46. The zero-order valence-electron chi connectivity index (χ0n) is 6.68. The second kappa shape index (κ2) is 3.18. The molecule has 2 heterocycles. The third-order valence-electron chi connectivity index (χ3n) is 1.62. The van der Waals surface area contributed by atoms with E-state index < -0.39 is 0 Å². The lowest BCUT2D eigenvalue weighted by atomic mass is 10.4. The molecule has 0 spiro atoms. The summed E-state index contributed by atoms with van der Waals surface area (Å²) in [7, 11) is 0. The number of halogens is 1. The van der Waals surface area contributed by atoms with E-state index in [4.69, 9.17) is 5.73 Å². The molecule has 0 unspecified atom stereocenters. The summed E-state index contributed by atoms with van der Waals surface area (Å²) in [6.07, 6.45) is 3.35. The van der Waals surface area contributed by atoms with E-state index in [1.54, 1.807) is 17.0 Å². The molecule has 0 aliphatic carbocycles. The van der Waals surface area contributed by atoms with Crippen LogP contribution in [0.4, 0.5) is 5.95 Å². The Morgan fingerprint density at radius 2 is 2.15 bits per heavy atom. The molecule has 0 saturated carbocycles. The zero-order valence-corrected chi connectivity index (χ0v) is 8.27. The number of nitrogens with zero attached hydrogens (tertiary/aromatic N) is 3. The SMILES string of the molecule is Nc1ncc(Br)n1-c1ccccn1. The average Bonchev–Trinajstić information content (AvgIpc) is 2.48. The first-order valence-electron chi connectivity index (χ1n) is 3.69. The number of anilines is 1. The highest BCUT2D eigenvalue weighted by atomic mass is 79.9. The van der Waals surface area contributed by atoms with Crippen molar-refractivity contribution in [2.45, 2.75) is 0 Å². The second-order valence-corrected chi connectivity index (χ2v) is 3.27. The van der Waals surface area contributed by atoms with Crippen molar-refractivity contribution in [1.29, 1.82) is 0 Å². The maximum absolute atomic E-state index is 5.66. The lowest BCUT2D eigenvalue weighted by Gasteiger charge is -2.03. The molecule has 0 aliphatic heterocycles. The molecular formula is C8H7BrN4. The predicted molar refractivity (Wildman–Crippen MR) is 53.5 cm³/mol. The third-order valence-corrected chi connectivity index (χ3v) is 2.18. The Bertz CT molecular complexity index is 390.